The van der Waals surface area contributed by atoms with E-state index >= 15 is 0 Å². The molecule has 0 unspecified atom stereocenters. The van der Waals surface area contributed by atoms with Crippen LogP contribution in [0.4, 0.5) is 0 Å². The standard InChI is InChI=1S/C19H24Cl2OSi/c1-4-23(5-2,6-3)22-19(15-7-11-17(20)12-8-15)16-9-13-18(21)14-10-16/h7-14,19H,4-6H2,1-3H3. The largest absolute Gasteiger partial charge is 0.406 e. The molecule has 0 bridgehead atoms. The minimum atomic E-state index is -1.74. The van der Waals surface area contributed by atoms with Crippen molar-refractivity contribution in [2.75, 3.05) is 0 Å². The average Bonchev–Trinajstić information content (AvgIpc) is 2.59. The van der Waals surface area contributed by atoms with Crippen molar-refractivity contribution in [3.63, 3.8) is 0 Å². The fourth-order valence-electron chi connectivity index (χ4n) is 2.85. The van der Waals surface area contributed by atoms with Crippen molar-refractivity contribution >= 4 is 31.5 Å². The highest BCUT2D eigenvalue weighted by Gasteiger charge is 2.33. The summed E-state index contributed by atoms with van der Waals surface area (Å²) in [6.07, 6.45) is -0.0592. The molecule has 2 aromatic carbocycles. The van der Waals surface area contributed by atoms with Crippen LogP contribution in [-0.2, 0) is 4.43 Å². The summed E-state index contributed by atoms with van der Waals surface area (Å²) in [7, 11) is -1.74. The lowest BCUT2D eigenvalue weighted by Crippen LogP contribution is -2.37. The van der Waals surface area contributed by atoms with Gasteiger partial charge >= 0.3 is 0 Å². The van der Waals surface area contributed by atoms with E-state index in [1.807, 2.05) is 24.3 Å². The number of hydrogen-bond acceptors (Lipinski definition) is 1. The van der Waals surface area contributed by atoms with E-state index in [2.05, 4.69) is 45.0 Å². The molecule has 0 heterocycles. The van der Waals surface area contributed by atoms with E-state index in [1.165, 1.54) is 0 Å². The van der Waals surface area contributed by atoms with Gasteiger partial charge in [0.15, 0.2) is 8.32 Å². The summed E-state index contributed by atoms with van der Waals surface area (Å²) in [5.41, 5.74) is 2.29. The van der Waals surface area contributed by atoms with E-state index in [0.717, 1.165) is 39.3 Å². The van der Waals surface area contributed by atoms with Gasteiger partial charge in [0.25, 0.3) is 0 Å². The number of rotatable bonds is 7. The second-order valence-corrected chi connectivity index (χ2v) is 11.4. The molecule has 2 aromatic rings. The third-order valence-electron chi connectivity index (χ3n) is 4.65. The van der Waals surface area contributed by atoms with Crippen LogP contribution in [0, 0.1) is 0 Å². The summed E-state index contributed by atoms with van der Waals surface area (Å²) in [5, 5.41) is 1.49. The Morgan fingerprint density at radius 2 is 1.09 bits per heavy atom. The smallest absolute Gasteiger partial charge is 0.193 e. The van der Waals surface area contributed by atoms with Gasteiger partial charge in [-0.15, -0.1) is 0 Å². The first-order chi connectivity index (χ1) is 11.0. The zero-order valence-electron chi connectivity index (χ0n) is 14.0. The molecular formula is C19H24Cl2OSi. The topological polar surface area (TPSA) is 9.23 Å². The van der Waals surface area contributed by atoms with Gasteiger partial charge in [0.05, 0.1) is 6.10 Å². The minimum Gasteiger partial charge on any atom is -0.406 e. The van der Waals surface area contributed by atoms with E-state index in [1.54, 1.807) is 0 Å². The maximum atomic E-state index is 6.79. The Morgan fingerprint density at radius 1 is 0.739 bits per heavy atom. The minimum absolute atomic E-state index is 0.0592. The Morgan fingerprint density at radius 3 is 1.39 bits per heavy atom. The SMILES string of the molecule is CC[Si](CC)(CC)OC(c1ccc(Cl)cc1)c1ccc(Cl)cc1. The molecular weight excluding hydrogens is 343 g/mol. The van der Waals surface area contributed by atoms with Crippen LogP contribution < -0.4 is 0 Å². The number of hydrogen-bond donors (Lipinski definition) is 0. The molecule has 124 valence electrons. The van der Waals surface area contributed by atoms with Gasteiger partial charge in [-0.3, -0.25) is 0 Å². The van der Waals surface area contributed by atoms with Crippen LogP contribution in [0.5, 0.6) is 0 Å². The first-order valence-electron chi connectivity index (χ1n) is 8.22. The lowest BCUT2D eigenvalue weighted by atomic mass is 10.0. The summed E-state index contributed by atoms with van der Waals surface area (Å²) < 4.78 is 6.79. The van der Waals surface area contributed by atoms with Crippen LogP contribution >= 0.6 is 23.2 Å². The predicted molar refractivity (Wildman–Crippen MR) is 103 cm³/mol. The lowest BCUT2D eigenvalue weighted by Gasteiger charge is -2.34. The zero-order chi connectivity index (χ0) is 16.9. The van der Waals surface area contributed by atoms with Crippen LogP contribution in [0.15, 0.2) is 48.5 Å². The van der Waals surface area contributed by atoms with Crippen molar-refractivity contribution in [3.8, 4) is 0 Å². The summed E-state index contributed by atoms with van der Waals surface area (Å²) >= 11 is 12.1. The van der Waals surface area contributed by atoms with Gasteiger partial charge in [-0.05, 0) is 53.5 Å². The molecule has 0 amide bonds. The van der Waals surface area contributed by atoms with E-state index in [4.69, 9.17) is 27.6 Å². The maximum Gasteiger partial charge on any atom is 0.193 e. The second-order valence-electron chi connectivity index (χ2n) is 5.84. The van der Waals surface area contributed by atoms with Crippen molar-refractivity contribution in [2.24, 2.45) is 0 Å². The molecule has 0 atom stereocenters. The molecule has 0 aliphatic carbocycles. The zero-order valence-corrected chi connectivity index (χ0v) is 16.5. The number of benzene rings is 2. The van der Waals surface area contributed by atoms with E-state index < -0.39 is 8.32 Å². The van der Waals surface area contributed by atoms with Crippen LogP contribution in [0.1, 0.15) is 38.0 Å². The average molecular weight is 367 g/mol. The first kappa shape index (κ1) is 18.5. The Hall–Kier alpha value is -0.803. The first-order valence-corrected chi connectivity index (χ1v) is 11.5. The summed E-state index contributed by atoms with van der Waals surface area (Å²) in [6, 6.07) is 19.3. The van der Waals surface area contributed by atoms with Gasteiger partial charge in [-0.2, -0.15) is 0 Å². The molecule has 0 aromatic heterocycles. The fourth-order valence-corrected chi connectivity index (χ4v) is 5.88. The monoisotopic (exact) mass is 366 g/mol. The van der Waals surface area contributed by atoms with E-state index in [9.17, 15) is 0 Å². The van der Waals surface area contributed by atoms with Crippen LogP contribution in [-0.4, -0.2) is 8.32 Å². The third kappa shape index (κ3) is 4.60. The summed E-state index contributed by atoms with van der Waals surface area (Å²) in [6.45, 7) is 6.75. The van der Waals surface area contributed by atoms with Crippen LogP contribution in [0.3, 0.4) is 0 Å². The van der Waals surface area contributed by atoms with Gasteiger partial charge in [0, 0.05) is 10.0 Å². The Labute approximate surface area is 150 Å². The molecule has 0 aliphatic heterocycles. The van der Waals surface area contributed by atoms with Gasteiger partial charge in [0.1, 0.15) is 0 Å². The summed E-state index contributed by atoms with van der Waals surface area (Å²) in [5.74, 6) is 0. The molecule has 23 heavy (non-hydrogen) atoms. The van der Waals surface area contributed by atoms with Crippen molar-refractivity contribution in [1.82, 2.24) is 0 Å². The second kappa shape index (κ2) is 8.34. The Kier molecular flexibility index (Phi) is 6.72. The quantitative estimate of drug-likeness (QED) is 0.474. The van der Waals surface area contributed by atoms with Crippen molar-refractivity contribution in [2.45, 2.75) is 45.0 Å². The highest BCUT2D eigenvalue weighted by atomic mass is 35.5. The van der Waals surface area contributed by atoms with Crippen molar-refractivity contribution < 1.29 is 4.43 Å². The lowest BCUT2D eigenvalue weighted by molar-refractivity contribution is 0.230. The third-order valence-corrected chi connectivity index (χ3v) is 9.75. The Balaban J connectivity index is 2.42. The van der Waals surface area contributed by atoms with Gasteiger partial charge in [-0.1, -0.05) is 68.2 Å². The van der Waals surface area contributed by atoms with Gasteiger partial charge in [0.2, 0.25) is 0 Å². The summed E-state index contributed by atoms with van der Waals surface area (Å²) in [4.78, 5) is 0. The van der Waals surface area contributed by atoms with Crippen molar-refractivity contribution in [1.29, 1.82) is 0 Å². The van der Waals surface area contributed by atoms with E-state index in [-0.39, 0.29) is 6.10 Å². The number of halogens is 2. The normalized spacial score (nSPS) is 11.9. The predicted octanol–water partition coefficient (Wildman–Crippen LogP) is 7.10. The highest BCUT2D eigenvalue weighted by Crippen LogP contribution is 2.35. The van der Waals surface area contributed by atoms with Gasteiger partial charge < -0.3 is 4.43 Å². The molecule has 0 saturated carbocycles. The molecule has 2 rings (SSSR count). The fraction of sp³-hybridized carbons (Fsp3) is 0.368. The molecule has 0 spiro atoms. The molecule has 0 fully saturated rings. The maximum absolute atomic E-state index is 6.79. The molecule has 0 saturated heterocycles. The van der Waals surface area contributed by atoms with Crippen LogP contribution in [0.2, 0.25) is 28.2 Å². The van der Waals surface area contributed by atoms with Gasteiger partial charge in [-0.25, -0.2) is 0 Å². The molecule has 0 N–H and O–H groups in total. The van der Waals surface area contributed by atoms with Crippen LogP contribution in [0.25, 0.3) is 0 Å². The highest BCUT2D eigenvalue weighted by molar-refractivity contribution is 6.73. The van der Waals surface area contributed by atoms with Crippen molar-refractivity contribution in [3.05, 3.63) is 69.7 Å². The Bertz CT molecular complexity index is 553. The molecule has 4 heteroatoms. The molecule has 0 radical (unpaired) electrons. The molecule has 0 aliphatic rings. The van der Waals surface area contributed by atoms with E-state index in [0.29, 0.717) is 0 Å². The molecule has 1 nitrogen and oxygen atoms in total.